The average molecular weight is 449 g/mol. The van der Waals surface area contributed by atoms with Gasteiger partial charge in [0.25, 0.3) is 0 Å². The van der Waals surface area contributed by atoms with Gasteiger partial charge in [0.1, 0.15) is 11.5 Å². The van der Waals surface area contributed by atoms with Crippen LogP contribution >= 0.6 is 11.6 Å². The van der Waals surface area contributed by atoms with Gasteiger partial charge in [0.15, 0.2) is 0 Å². The molecule has 0 aliphatic carbocycles. The van der Waals surface area contributed by atoms with Crippen LogP contribution in [0.25, 0.3) is 0 Å². The van der Waals surface area contributed by atoms with Crippen molar-refractivity contribution in [1.29, 1.82) is 0 Å². The number of hydrogen-bond acceptors (Lipinski definition) is 6. The number of esters is 1. The normalized spacial score (nSPS) is 18.8. The lowest BCUT2D eigenvalue weighted by Crippen LogP contribution is -2.33. The largest absolute Gasteiger partial charge is 0.497 e. The zero-order chi connectivity index (χ0) is 22.2. The minimum Gasteiger partial charge on any atom is -0.497 e. The number of benzene rings is 3. The van der Waals surface area contributed by atoms with Crippen LogP contribution in [0.2, 0.25) is 5.02 Å². The molecule has 162 valence electrons. The maximum absolute atomic E-state index is 11.8. The van der Waals surface area contributed by atoms with Crippen LogP contribution in [0.4, 0.5) is 0 Å². The van der Waals surface area contributed by atoms with Gasteiger partial charge in [-0.15, -0.1) is 0 Å². The maximum Gasteiger partial charge on any atom is 0.337 e. The average Bonchev–Trinajstić information content (AvgIpc) is 3.29. The first kappa shape index (κ1) is 20.4. The minimum absolute atomic E-state index is 0.0140. The van der Waals surface area contributed by atoms with Crippen LogP contribution in [0.5, 0.6) is 11.5 Å². The molecule has 0 saturated carbocycles. The van der Waals surface area contributed by atoms with Crippen LogP contribution in [0.15, 0.2) is 71.8 Å². The zero-order valence-electron chi connectivity index (χ0n) is 17.6. The van der Waals surface area contributed by atoms with Crippen molar-refractivity contribution in [2.75, 3.05) is 14.2 Å². The molecule has 0 bridgehead atoms. The van der Waals surface area contributed by atoms with Gasteiger partial charge in [-0.2, -0.15) is 5.10 Å². The first-order chi connectivity index (χ1) is 15.6. The molecule has 6 nitrogen and oxygen atoms in total. The molecule has 3 aromatic rings. The Balaban J connectivity index is 1.54. The predicted molar refractivity (Wildman–Crippen MR) is 121 cm³/mol. The van der Waals surface area contributed by atoms with Crippen molar-refractivity contribution < 1.29 is 19.0 Å². The van der Waals surface area contributed by atoms with Crippen molar-refractivity contribution in [2.24, 2.45) is 5.10 Å². The number of methoxy groups -OCH3 is 2. The first-order valence-electron chi connectivity index (χ1n) is 10.2. The van der Waals surface area contributed by atoms with E-state index in [1.165, 1.54) is 7.11 Å². The summed E-state index contributed by atoms with van der Waals surface area (Å²) in [6.45, 7) is 0. The molecule has 5 rings (SSSR count). The molecule has 0 radical (unpaired) electrons. The molecule has 2 heterocycles. The van der Waals surface area contributed by atoms with Gasteiger partial charge in [-0.25, -0.2) is 9.80 Å². The van der Waals surface area contributed by atoms with E-state index in [9.17, 15) is 4.79 Å². The summed E-state index contributed by atoms with van der Waals surface area (Å²) in [4.78, 5) is 11.8. The van der Waals surface area contributed by atoms with Gasteiger partial charge in [-0.05, 0) is 60.2 Å². The number of rotatable bonds is 4. The fraction of sp³-hybridized carbons (Fsp3) is 0.200. The number of hydrogen-bond donors (Lipinski definition) is 0. The van der Waals surface area contributed by atoms with E-state index in [0.717, 1.165) is 40.3 Å². The molecule has 0 N–H and O–H groups in total. The molecule has 0 spiro atoms. The summed E-state index contributed by atoms with van der Waals surface area (Å²) in [6.07, 6.45) is 0.288. The predicted octanol–water partition coefficient (Wildman–Crippen LogP) is 5.38. The molecular weight excluding hydrogens is 428 g/mol. The third-order valence-corrected chi connectivity index (χ3v) is 6.03. The van der Waals surface area contributed by atoms with Crippen molar-refractivity contribution in [2.45, 2.75) is 18.7 Å². The number of ether oxygens (including phenoxy) is 3. The van der Waals surface area contributed by atoms with Crippen molar-refractivity contribution in [1.82, 2.24) is 5.01 Å². The quantitative estimate of drug-likeness (QED) is 0.501. The van der Waals surface area contributed by atoms with Crippen LogP contribution in [0.3, 0.4) is 0 Å². The monoisotopic (exact) mass is 448 g/mol. The lowest BCUT2D eigenvalue weighted by atomic mass is 9.95. The van der Waals surface area contributed by atoms with Crippen LogP contribution in [0.1, 0.15) is 45.7 Å². The van der Waals surface area contributed by atoms with E-state index in [4.69, 9.17) is 30.9 Å². The molecule has 2 aliphatic rings. The second kappa shape index (κ2) is 8.20. The minimum atomic E-state index is -0.434. The van der Waals surface area contributed by atoms with Gasteiger partial charge < -0.3 is 14.2 Å². The SMILES string of the molecule is COC(=O)c1ccc([C@@H]2Oc3ccc(Cl)cc3[C@@H]3CC(c4ccc(OC)cc4)=NN32)cc1. The van der Waals surface area contributed by atoms with Gasteiger partial charge in [-0.3, -0.25) is 0 Å². The van der Waals surface area contributed by atoms with Gasteiger partial charge >= 0.3 is 5.97 Å². The number of hydrazone groups is 1. The van der Waals surface area contributed by atoms with E-state index in [1.807, 2.05) is 59.6 Å². The lowest BCUT2D eigenvalue weighted by molar-refractivity contribution is -0.0190. The number of carbonyl (C=O) groups excluding carboxylic acids is 1. The maximum atomic E-state index is 11.8. The highest BCUT2D eigenvalue weighted by Crippen LogP contribution is 2.48. The van der Waals surface area contributed by atoms with Crippen molar-refractivity contribution in [3.63, 3.8) is 0 Å². The van der Waals surface area contributed by atoms with Gasteiger partial charge in [0.05, 0.1) is 31.5 Å². The third kappa shape index (κ3) is 3.56. The zero-order valence-corrected chi connectivity index (χ0v) is 18.4. The molecule has 0 fully saturated rings. The highest BCUT2D eigenvalue weighted by atomic mass is 35.5. The Kier molecular flexibility index (Phi) is 5.23. The Bertz CT molecular complexity index is 1190. The molecule has 32 heavy (non-hydrogen) atoms. The topological polar surface area (TPSA) is 60.4 Å². The summed E-state index contributed by atoms with van der Waals surface area (Å²) in [5.41, 5.74) is 4.38. The standard InChI is InChI=1S/C25H21ClN2O4/c1-30-19-10-7-15(8-11-19)21-14-22-20-13-18(26)9-12-23(20)32-24(28(22)27-21)16-3-5-17(6-4-16)25(29)31-2/h3-13,22,24H,14H2,1-2H3/t22-,24-/m0/s1. The highest BCUT2D eigenvalue weighted by molar-refractivity contribution is 6.30. The molecule has 2 aliphatic heterocycles. The van der Waals surface area contributed by atoms with E-state index in [1.54, 1.807) is 19.2 Å². The summed E-state index contributed by atoms with van der Waals surface area (Å²) in [5, 5.41) is 7.58. The molecular formula is C25H21ClN2O4. The Morgan fingerprint density at radius 1 is 1.06 bits per heavy atom. The third-order valence-electron chi connectivity index (χ3n) is 5.79. The van der Waals surface area contributed by atoms with Crippen molar-refractivity contribution >= 4 is 23.3 Å². The molecule has 0 saturated heterocycles. The van der Waals surface area contributed by atoms with Crippen LogP contribution in [0, 0.1) is 0 Å². The fourth-order valence-corrected chi connectivity index (χ4v) is 4.32. The Morgan fingerprint density at radius 2 is 1.81 bits per heavy atom. The molecule has 0 unspecified atom stereocenters. The smallest absolute Gasteiger partial charge is 0.337 e. The highest BCUT2D eigenvalue weighted by Gasteiger charge is 2.41. The second-order valence-corrected chi connectivity index (χ2v) is 8.08. The van der Waals surface area contributed by atoms with Gasteiger partial charge in [-0.1, -0.05) is 23.7 Å². The summed E-state index contributed by atoms with van der Waals surface area (Å²) >= 11 is 6.30. The summed E-state index contributed by atoms with van der Waals surface area (Å²) in [5.74, 6) is 1.21. The Morgan fingerprint density at radius 3 is 2.50 bits per heavy atom. The Hall–Kier alpha value is -3.51. The van der Waals surface area contributed by atoms with Crippen molar-refractivity contribution in [3.8, 4) is 11.5 Å². The lowest BCUT2D eigenvalue weighted by Gasteiger charge is -2.38. The Labute approximate surface area is 191 Å². The summed E-state index contributed by atoms with van der Waals surface area (Å²) in [6, 6.07) is 20.8. The summed E-state index contributed by atoms with van der Waals surface area (Å²) < 4.78 is 16.4. The number of fused-ring (bicyclic) bond motifs is 3. The van der Waals surface area contributed by atoms with E-state index in [2.05, 4.69) is 0 Å². The van der Waals surface area contributed by atoms with E-state index >= 15 is 0 Å². The summed E-state index contributed by atoms with van der Waals surface area (Å²) in [7, 11) is 3.02. The fourth-order valence-electron chi connectivity index (χ4n) is 4.14. The van der Waals surface area contributed by atoms with E-state index in [-0.39, 0.29) is 12.0 Å². The molecule has 7 heteroatoms. The molecule has 3 aromatic carbocycles. The second-order valence-electron chi connectivity index (χ2n) is 7.64. The van der Waals surface area contributed by atoms with Crippen molar-refractivity contribution in [3.05, 3.63) is 94.0 Å². The van der Waals surface area contributed by atoms with E-state index < -0.39 is 6.23 Å². The molecule has 2 atom stereocenters. The van der Waals surface area contributed by atoms with E-state index in [0.29, 0.717) is 10.6 Å². The number of halogens is 1. The first-order valence-corrected chi connectivity index (χ1v) is 10.6. The van der Waals surface area contributed by atoms with Crippen LogP contribution in [-0.2, 0) is 4.74 Å². The number of carbonyl (C=O) groups is 1. The molecule has 0 aromatic heterocycles. The van der Waals surface area contributed by atoms with Gasteiger partial charge in [0.2, 0.25) is 6.23 Å². The van der Waals surface area contributed by atoms with Crippen LogP contribution in [-0.4, -0.2) is 30.9 Å². The van der Waals surface area contributed by atoms with Crippen LogP contribution < -0.4 is 9.47 Å². The number of nitrogens with zero attached hydrogens (tertiary/aromatic N) is 2. The molecule has 0 amide bonds. The van der Waals surface area contributed by atoms with Gasteiger partial charge in [0, 0.05) is 22.6 Å².